The van der Waals surface area contributed by atoms with E-state index in [0.29, 0.717) is 5.02 Å². The van der Waals surface area contributed by atoms with E-state index in [4.69, 9.17) is 11.6 Å². The van der Waals surface area contributed by atoms with Gasteiger partial charge in [-0.1, -0.05) is 24.6 Å². The second-order valence-corrected chi connectivity index (χ2v) is 4.05. The summed E-state index contributed by atoms with van der Waals surface area (Å²) in [6, 6.07) is 7.60. The summed E-state index contributed by atoms with van der Waals surface area (Å²) in [5.41, 5.74) is 1.90. The van der Waals surface area contributed by atoms with Crippen molar-refractivity contribution in [1.82, 2.24) is 15.3 Å². The predicted molar refractivity (Wildman–Crippen MR) is 69.0 cm³/mol. The highest BCUT2D eigenvalue weighted by molar-refractivity contribution is 6.31. The van der Waals surface area contributed by atoms with Crippen LogP contribution in [-0.4, -0.2) is 16.5 Å². The first-order chi connectivity index (χ1) is 8.33. The molecule has 2 rings (SSSR count). The smallest absolute Gasteiger partial charge is 0.0804 e. The van der Waals surface area contributed by atoms with Gasteiger partial charge in [-0.25, -0.2) is 0 Å². The average molecular weight is 248 g/mol. The first-order valence-electron chi connectivity index (χ1n) is 5.56. The van der Waals surface area contributed by atoms with Crippen molar-refractivity contribution >= 4 is 11.6 Å². The molecule has 0 aliphatic heterocycles. The lowest BCUT2D eigenvalue weighted by molar-refractivity contribution is 0.614. The van der Waals surface area contributed by atoms with E-state index in [1.54, 1.807) is 12.4 Å². The molecule has 0 aliphatic carbocycles. The maximum Gasteiger partial charge on any atom is 0.0804 e. The molecule has 2 aromatic rings. The second kappa shape index (κ2) is 5.75. The van der Waals surface area contributed by atoms with Crippen LogP contribution in [0.4, 0.5) is 0 Å². The molecule has 3 nitrogen and oxygen atoms in total. The molecule has 0 amide bonds. The molecule has 0 saturated heterocycles. The maximum atomic E-state index is 6.18. The zero-order valence-electron chi connectivity index (χ0n) is 9.60. The van der Waals surface area contributed by atoms with Crippen LogP contribution in [0.5, 0.6) is 0 Å². The Morgan fingerprint density at radius 1 is 1.29 bits per heavy atom. The van der Waals surface area contributed by atoms with Gasteiger partial charge in [0.1, 0.15) is 0 Å². The van der Waals surface area contributed by atoms with Crippen molar-refractivity contribution in [1.29, 1.82) is 0 Å². The molecule has 0 saturated carbocycles. The lowest BCUT2D eigenvalue weighted by atomic mass is 10.1. The van der Waals surface area contributed by atoms with Gasteiger partial charge in [-0.2, -0.15) is 0 Å². The van der Waals surface area contributed by atoms with Gasteiger partial charge in [0.05, 0.1) is 16.8 Å². The minimum atomic E-state index is -0.0117. The van der Waals surface area contributed by atoms with Crippen LogP contribution in [0.25, 0.3) is 0 Å². The van der Waals surface area contributed by atoms with Crippen molar-refractivity contribution in [2.75, 3.05) is 6.54 Å². The summed E-state index contributed by atoms with van der Waals surface area (Å²) < 4.78 is 0. The van der Waals surface area contributed by atoms with Crippen molar-refractivity contribution in [3.63, 3.8) is 0 Å². The number of nitrogens with zero attached hydrogens (tertiary/aromatic N) is 2. The van der Waals surface area contributed by atoms with Crippen LogP contribution in [-0.2, 0) is 0 Å². The highest BCUT2D eigenvalue weighted by Gasteiger charge is 2.16. The number of rotatable bonds is 4. The minimum absolute atomic E-state index is 0.0117. The lowest BCUT2D eigenvalue weighted by Gasteiger charge is -2.18. The largest absolute Gasteiger partial charge is 0.305 e. The van der Waals surface area contributed by atoms with E-state index in [-0.39, 0.29) is 6.04 Å². The summed E-state index contributed by atoms with van der Waals surface area (Å²) in [6.07, 6.45) is 5.34. The van der Waals surface area contributed by atoms with Gasteiger partial charge in [-0.3, -0.25) is 9.97 Å². The van der Waals surface area contributed by atoms with Gasteiger partial charge in [0.2, 0.25) is 0 Å². The zero-order valence-corrected chi connectivity index (χ0v) is 10.4. The fraction of sp³-hybridized carbons (Fsp3) is 0.231. The Hall–Kier alpha value is -1.45. The van der Waals surface area contributed by atoms with Crippen molar-refractivity contribution in [3.8, 4) is 0 Å². The van der Waals surface area contributed by atoms with E-state index in [1.807, 2.05) is 30.5 Å². The van der Waals surface area contributed by atoms with Crippen LogP contribution in [0.1, 0.15) is 24.2 Å². The van der Waals surface area contributed by atoms with E-state index in [1.165, 1.54) is 0 Å². The summed E-state index contributed by atoms with van der Waals surface area (Å²) in [7, 11) is 0. The third-order valence-corrected chi connectivity index (χ3v) is 2.81. The molecule has 0 fully saturated rings. The molecule has 4 heteroatoms. The topological polar surface area (TPSA) is 37.8 Å². The number of hydrogen-bond acceptors (Lipinski definition) is 3. The van der Waals surface area contributed by atoms with Gasteiger partial charge in [-0.05, 0) is 30.3 Å². The molecule has 0 aliphatic rings. The van der Waals surface area contributed by atoms with Crippen molar-refractivity contribution in [2.24, 2.45) is 0 Å². The number of nitrogens with one attached hydrogen (secondary N) is 1. The van der Waals surface area contributed by atoms with Gasteiger partial charge < -0.3 is 5.32 Å². The monoisotopic (exact) mass is 247 g/mol. The highest BCUT2D eigenvalue weighted by Crippen LogP contribution is 2.25. The predicted octanol–water partition coefficient (Wildman–Crippen LogP) is 2.83. The van der Waals surface area contributed by atoms with Crippen molar-refractivity contribution in [2.45, 2.75) is 13.0 Å². The summed E-state index contributed by atoms with van der Waals surface area (Å²) in [6.45, 7) is 2.90. The van der Waals surface area contributed by atoms with E-state index in [0.717, 1.165) is 17.8 Å². The average Bonchev–Trinajstić information content (AvgIpc) is 2.38. The highest BCUT2D eigenvalue weighted by atomic mass is 35.5. The van der Waals surface area contributed by atoms with Crippen molar-refractivity contribution < 1.29 is 0 Å². The molecule has 0 radical (unpaired) electrons. The third-order valence-electron chi connectivity index (χ3n) is 2.49. The van der Waals surface area contributed by atoms with Gasteiger partial charge in [0.15, 0.2) is 0 Å². The molecule has 1 N–H and O–H groups in total. The molecular formula is C13H14ClN3. The molecule has 2 heterocycles. The number of aromatic nitrogens is 2. The first kappa shape index (κ1) is 12.0. The van der Waals surface area contributed by atoms with Crippen LogP contribution >= 0.6 is 11.6 Å². The molecule has 17 heavy (non-hydrogen) atoms. The minimum Gasteiger partial charge on any atom is -0.305 e. The zero-order chi connectivity index (χ0) is 12.1. The molecule has 2 aromatic heterocycles. The number of hydrogen-bond donors (Lipinski definition) is 1. The van der Waals surface area contributed by atoms with E-state index >= 15 is 0 Å². The molecule has 1 atom stereocenters. The van der Waals surface area contributed by atoms with E-state index in [9.17, 15) is 0 Å². The van der Waals surface area contributed by atoms with E-state index < -0.39 is 0 Å². The Balaban J connectivity index is 2.39. The maximum absolute atomic E-state index is 6.18. The van der Waals surface area contributed by atoms with Crippen LogP contribution < -0.4 is 5.32 Å². The summed E-state index contributed by atoms with van der Waals surface area (Å²) in [5.74, 6) is 0. The Morgan fingerprint density at radius 2 is 2.12 bits per heavy atom. The van der Waals surface area contributed by atoms with E-state index in [2.05, 4.69) is 22.2 Å². The quantitative estimate of drug-likeness (QED) is 0.903. The van der Waals surface area contributed by atoms with Crippen molar-refractivity contribution in [3.05, 3.63) is 59.1 Å². The normalized spacial score (nSPS) is 12.4. The Bertz CT molecular complexity index is 473. The van der Waals surface area contributed by atoms with Crippen LogP contribution in [0, 0.1) is 0 Å². The molecule has 0 bridgehead atoms. The SMILES string of the molecule is CCNC(c1cccnc1)c1ncccc1Cl. The lowest BCUT2D eigenvalue weighted by Crippen LogP contribution is -2.23. The van der Waals surface area contributed by atoms with Crippen LogP contribution in [0.15, 0.2) is 42.9 Å². The second-order valence-electron chi connectivity index (χ2n) is 3.65. The van der Waals surface area contributed by atoms with Gasteiger partial charge >= 0.3 is 0 Å². The summed E-state index contributed by atoms with van der Waals surface area (Å²) in [5, 5.41) is 4.04. The molecule has 88 valence electrons. The Labute approximate surface area is 106 Å². The van der Waals surface area contributed by atoms with Crippen LogP contribution in [0.2, 0.25) is 5.02 Å². The standard InChI is InChI=1S/C13H14ClN3/c1-2-16-12(10-5-3-7-15-9-10)13-11(14)6-4-8-17-13/h3-9,12,16H,2H2,1H3. The molecule has 0 spiro atoms. The number of halogens is 1. The summed E-state index contributed by atoms with van der Waals surface area (Å²) in [4.78, 5) is 8.48. The fourth-order valence-corrected chi connectivity index (χ4v) is 1.96. The fourth-order valence-electron chi connectivity index (χ4n) is 1.73. The third kappa shape index (κ3) is 2.81. The van der Waals surface area contributed by atoms with Gasteiger partial charge in [0.25, 0.3) is 0 Å². The van der Waals surface area contributed by atoms with Gasteiger partial charge in [-0.15, -0.1) is 0 Å². The summed E-state index contributed by atoms with van der Waals surface area (Å²) >= 11 is 6.18. The molecular weight excluding hydrogens is 234 g/mol. The Morgan fingerprint density at radius 3 is 2.76 bits per heavy atom. The van der Waals surface area contributed by atoms with Crippen LogP contribution in [0.3, 0.4) is 0 Å². The Kier molecular flexibility index (Phi) is 4.07. The van der Waals surface area contributed by atoms with Gasteiger partial charge in [0, 0.05) is 18.6 Å². The first-order valence-corrected chi connectivity index (χ1v) is 5.94. The molecule has 1 unspecified atom stereocenters. The molecule has 0 aromatic carbocycles. The number of pyridine rings is 2.